The molecule has 3 heterocycles. The van der Waals surface area contributed by atoms with Gasteiger partial charge in [-0.3, -0.25) is 19.6 Å². The van der Waals surface area contributed by atoms with Gasteiger partial charge in [0.2, 0.25) is 0 Å². The summed E-state index contributed by atoms with van der Waals surface area (Å²) in [6.45, 7) is 3.61. The van der Waals surface area contributed by atoms with E-state index in [1.165, 1.54) is 23.5 Å². The van der Waals surface area contributed by atoms with Crippen molar-refractivity contribution < 1.29 is 9.72 Å². The predicted octanol–water partition coefficient (Wildman–Crippen LogP) is 4.83. The second-order valence-corrected chi connectivity index (χ2v) is 8.86. The Morgan fingerprint density at radius 3 is 2.78 bits per heavy atom. The minimum atomic E-state index is -0.468. The summed E-state index contributed by atoms with van der Waals surface area (Å²) in [5.74, 6) is -0.421. The van der Waals surface area contributed by atoms with Gasteiger partial charge in [-0.25, -0.2) is 10.4 Å². The maximum Gasteiger partial charge on any atom is 0.272 e. The van der Waals surface area contributed by atoms with Crippen LogP contribution in [0.4, 0.5) is 5.69 Å². The van der Waals surface area contributed by atoms with Crippen LogP contribution in [0.1, 0.15) is 27.9 Å². The number of halogens is 1. The van der Waals surface area contributed by atoms with Crippen LogP contribution in [0, 0.1) is 17.0 Å². The highest BCUT2D eigenvalue weighted by Crippen LogP contribution is 2.28. The van der Waals surface area contributed by atoms with Crippen LogP contribution in [0.3, 0.4) is 0 Å². The number of non-ortho nitro benzene ring substituents is 1. The zero-order valence-electron chi connectivity index (χ0n) is 17.3. The fraction of sp³-hybridized carbons (Fsp3) is 0.143. The molecule has 4 aromatic rings. The van der Waals surface area contributed by atoms with E-state index in [-0.39, 0.29) is 5.69 Å². The molecular weight excluding hydrogens is 496 g/mol. The number of carbonyl (C=O) groups excluding carboxylic acids is 1. The Morgan fingerprint density at radius 2 is 2.09 bits per heavy atom. The van der Waals surface area contributed by atoms with Crippen LogP contribution < -0.4 is 5.43 Å². The Kier molecular flexibility index (Phi) is 5.85. The topological polar surface area (TPSA) is 115 Å². The smallest absolute Gasteiger partial charge is 0.267 e. The molecule has 11 heteroatoms. The standard InChI is InChI=1S/C21H17BrN6O3S/c1-11(18-8-14(22)10-32-18)24-25-21(29)16-9-17(13-5-4-6-15(7-13)28(30)31)23-20-19(16)12(2)26-27(20)3/h4-10H,1-3H3,(H,25,29)/b24-11-. The number of nitrogens with one attached hydrogen (secondary N) is 1. The first-order valence-electron chi connectivity index (χ1n) is 9.43. The molecular formula is C21H17BrN6O3S. The number of aryl methyl sites for hydroxylation is 2. The molecule has 32 heavy (non-hydrogen) atoms. The number of thiophene rings is 1. The van der Waals surface area contributed by atoms with E-state index in [0.29, 0.717) is 39.3 Å². The molecule has 0 fully saturated rings. The Hall–Kier alpha value is -3.44. The number of hydrogen-bond acceptors (Lipinski definition) is 7. The van der Waals surface area contributed by atoms with E-state index in [1.807, 2.05) is 18.4 Å². The van der Waals surface area contributed by atoms with Crippen molar-refractivity contribution >= 4 is 55.6 Å². The molecule has 0 bridgehead atoms. The first kappa shape index (κ1) is 21.8. The van der Waals surface area contributed by atoms with Gasteiger partial charge in [0.05, 0.1) is 37.8 Å². The normalized spacial score (nSPS) is 11.7. The van der Waals surface area contributed by atoms with Crippen molar-refractivity contribution in [1.82, 2.24) is 20.2 Å². The average molecular weight is 513 g/mol. The molecule has 0 spiro atoms. The third-order valence-electron chi connectivity index (χ3n) is 4.82. The zero-order chi connectivity index (χ0) is 23.0. The van der Waals surface area contributed by atoms with Crippen molar-refractivity contribution in [2.24, 2.45) is 12.1 Å². The lowest BCUT2D eigenvalue weighted by Crippen LogP contribution is -2.20. The van der Waals surface area contributed by atoms with Crippen LogP contribution in [-0.4, -0.2) is 31.3 Å². The lowest BCUT2D eigenvalue weighted by molar-refractivity contribution is -0.384. The number of hydrazone groups is 1. The van der Waals surface area contributed by atoms with Gasteiger partial charge in [-0.2, -0.15) is 10.2 Å². The van der Waals surface area contributed by atoms with Crippen LogP contribution >= 0.6 is 27.3 Å². The van der Waals surface area contributed by atoms with Crippen molar-refractivity contribution in [3.63, 3.8) is 0 Å². The lowest BCUT2D eigenvalue weighted by Gasteiger charge is -2.08. The highest BCUT2D eigenvalue weighted by molar-refractivity contribution is 9.10. The number of benzene rings is 1. The average Bonchev–Trinajstić information content (AvgIpc) is 3.34. The minimum absolute atomic E-state index is 0.0566. The lowest BCUT2D eigenvalue weighted by atomic mass is 10.0. The van der Waals surface area contributed by atoms with Gasteiger partial charge in [0, 0.05) is 34.6 Å². The summed E-state index contributed by atoms with van der Waals surface area (Å²) in [5.41, 5.74) is 5.66. The van der Waals surface area contributed by atoms with Crippen molar-refractivity contribution in [3.05, 3.63) is 72.5 Å². The molecule has 0 saturated heterocycles. The van der Waals surface area contributed by atoms with Crippen LogP contribution in [0.25, 0.3) is 22.3 Å². The van der Waals surface area contributed by atoms with Crippen LogP contribution in [-0.2, 0) is 7.05 Å². The number of carbonyl (C=O) groups is 1. The number of hydrogen-bond donors (Lipinski definition) is 1. The molecule has 3 aromatic heterocycles. The predicted molar refractivity (Wildman–Crippen MR) is 127 cm³/mol. The molecule has 1 amide bonds. The second-order valence-electron chi connectivity index (χ2n) is 7.04. The van der Waals surface area contributed by atoms with Crippen molar-refractivity contribution in [2.75, 3.05) is 0 Å². The number of nitro groups is 1. The molecule has 0 aliphatic carbocycles. The van der Waals surface area contributed by atoms with Crippen molar-refractivity contribution in [2.45, 2.75) is 13.8 Å². The molecule has 1 aromatic carbocycles. The monoisotopic (exact) mass is 512 g/mol. The molecule has 0 saturated carbocycles. The Morgan fingerprint density at radius 1 is 1.31 bits per heavy atom. The van der Waals surface area contributed by atoms with Crippen LogP contribution in [0.5, 0.6) is 0 Å². The molecule has 0 aliphatic rings. The summed E-state index contributed by atoms with van der Waals surface area (Å²) in [5, 5.41) is 22.3. The van der Waals surface area contributed by atoms with Gasteiger partial charge >= 0.3 is 0 Å². The quantitative estimate of drug-likeness (QED) is 0.233. The minimum Gasteiger partial charge on any atom is -0.267 e. The van der Waals surface area contributed by atoms with E-state index in [1.54, 1.807) is 36.9 Å². The largest absolute Gasteiger partial charge is 0.272 e. The number of pyridine rings is 1. The first-order valence-corrected chi connectivity index (χ1v) is 11.1. The molecule has 1 N–H and O–H groups in total. The third kappa shape index (κ3) is 4.16. The molecule has 0 unspecified atom stereocenters. The number of amides is 1. The van der Waals surface area contributed by atoms with Gasteiger partial charge in [-0.05, 0) is 41.9 Å². The molecule has 0 radical (unpaired) electrons. The molecule has 0 atom stereocenters. The first-order chi connectivity index (χ1) is 15.2. The van der Waals surface area contributed by atoms with Crippen LogP contribution in [0.2, 0.25) is 0 Å². The summed E-state index contributed by atoms with van der Waals surface area (Å²) in [7, 11) is 1.73. The third-order valence-corrected chi connectivity index (χ3v) is 6.62. The van der Waals surface area contributed by atoms with Gasteiger partial charge in [0.25, 0.3) is 11.6 Å². The fourth-order valence-electron chi connectivity index (χ4n) is 3.30. The second kappa shape index (κ2) is 8.60. The Balaban J connectivity index is 1.78. The van der Waals surface area contributed by atoms with E-state index >= 15 is 0 Å². The molecule has 162 valence electrons. The summed E-state index contributed by atoms with van der Waals surface area (Å²) >= 11 is 4.92. The number of rotatable bonds is 5. The molecule has 9 nitrogen and oxygen atoms in total. The van der Waals surface area contributed by atoms with E-state index < -0.39 is 10.8 Å². The van der Waals surface area contributed by atoms with Gasteiger partial charge in [0.15, 0.2) is 5.65 Å². The van der Waals surface area contributed by atoms with E-state index in [2.05, 4.69) is 36.5 Å². The van der Waals surface area contributed by atoms with E-state index in [0.717, 1.165) is 9.35 Å². The van der Waals surface area contributed by atoms with E-state index in [4.69, 9.17) is 0 Å². The van der Waals surface area contributed by atoms with Crippen molar-refractivity contribution in [1.29, 1.82) is 0 Å². The van der Waals surface area contributed by atoms with Gasteiger partial charge in [-0.1, -0.05) is 12.1 Å². The maximum atomic E-state index is 13.1. The highest BCUT2D eigenvalue weighted by Gasteiger charge is 2.20. The number of aromatic nitrogens is 3. The number of nitrogens with zero attached hydrogens (tertiary/aromatic N) is 5. The van der Waals surface area contributed by atoms with Crippen LogP contribution in [0.15, 0.2) is 51.4 Å². The number of nitro benzene ring substituents is 1. The summed E-state index contributed by atoms with van der Waals surface area (Å²) < 4.78 is 2.53. The number of fused-ring (bicyclic) bond motifs is 1. The Bertz CT molecular complexity index is 1410. The molecule has 4 rings (SSSR count). The van der Waals surface area contributed by atoms with Crippen molar-refractivity contribution in [3.8, 4) is 11.3 Å². The summed E-state index contributed by atoms with van der Waals surface area (Å²) in [6.07, 6.45) is 0. The zero-order valence-corrected chi connectivity index (χ0v) is 19.7. The van der Waals surface area contributed by atoms with E-state index in [9.17, 15) is 14.9 Å². The molecule has 0 aliphatic heterocycles. The van der Waals surface area contributed by atoms with Gasteiger partial charge in [-0.15, -0.1) is 11.3 Å². The maximum absolute atomic E-state index is 13.1. The highest BCUT2D eigenvalue weighted by atomic mass is 79.9. The summed E-state index contributed by atoms with van der Waals surface area (Å²) in [4.78, 5) is 29.4. The van der Waals surface area contributed by atoms with Gasteiger partial charge < -0.3 is 0 Å². The Labute approximate surface area is 195 Å². The van der Waals surface area contributed by atoms with Gasteiger partial charge in [0.1, 0.15) is 0 Å². The SMILES string of the molecule is C/C(=N/NC(=O)c1cc(-c2cccc([N+](=O)[O-])c2)nc2c1c(C)nn2C)c1cc(Br)cs1. The fourth-order valence-corrected chi connectivity index (χ4v) is 4.68. The summed E-state index contributed by atoms with van der Waals surface area (Å²) in [6, 6.07) is 9.66.